The van der Waals surface area contributed by atoms with E-state index in [2.05, 4.69) is 34.6 Å². The summed E-state index contributed by atoms with van der Waals surface area (Å²) in [4.78, 5) is 0. The minimum absolute atomic E-state index is 0.00830. The van der Waals surface area contributed by atoms with E-state index >= 15 is 0 Å². The van der Waals surface area contributed by atoms with Gasteiger partial charge in [-0.2, -0.15) is 0 Å². The zero-order valence-corrected chi connectivity index (χ0v) is 19.6. The molecule has 4 rings (SSSR count). The summed E-state index contributed by atoms with van der Waals surface area (Å²) in [5.41, 5.74) is 1.15. The third-order valence-electron chi connectivity index (χ3n) is 10.8. The second-order valence-corrected chi connectivity index (χ2v) is 12.6. The molecule has 0 unspecified atom stereocenters. The van der Waals surface area contributed by atoms with Gasteiger partial charge >= 0.3 is 0 Å². The predicted octanol–water partition coefficient (Wildman–Crippen LogP) is 7.47. The topological polar surface area (TPSA) is 20.2 Å². The summed E-state index contributed by atoms with van der Waals surface area (Å²) in [6.07, 6.45) is 16.6. The number of hydrogen-bond acceptors (Lipinski definition) is 1. The Labute approximate surface area is 175 Å². The Morgan fingerprint density at radius 3 is 2.29 bits per heavy atom. The molecular weight excluding hydrogens is 340 g/mol. The molecule has 1 N–H and O–H groups in total. The Kier molecular flexibility index (Phi) is 5.98. The maximum atomic E-state index is 10.3. The molecule has 1 nitrogen and oxygen atoms in total. The molecule has 4 fully saturated rings. The molecule has 9 atom stereocenters. The number of aliphatic hydroxyl groups is 1. The van der Waals surface area contributed by atoms with Gasteiger partial charge in [-0.1, -0.05) is 53.9 Å². The minimum atomic E-state index is -0.00830. The zero-order chi connectivity index (χ0) is 20.1. The number of rotatable bonds is 5. The lowest BCUT2D eigenvalue weighted by Crippen LogP contribution is -2.54. The molecule has 0 amide bonds. The molecule has 0 aromatic rings. The van der Waals surface area contributed by atoms with Crippen LogP contribution in [0.1, 0.15) is 112 Å². The van der Waals surface area contributed by atoms with Crippen LogP contribution in [0.4, 0.5) is 0 Å². The van der Waals surface area contributed by atoms with Gasteiger partial charge in [0, 0.05) is 0 Å². The number of fused-ring (bicyclic) bond motifs is 5. The lowest BCUT2D eigenvalue weighted by Gasteiger charge is -2.61. The fraction of sp³-hybridized carbons (Fsp3) is 1.00. The van der Waals surface area contributed by atoms with Crippen molar-refractivity contribution in [3.63, 3.8) is 0 Å². The zero-order valence-electron chi connectivity index (χ0n) is 19.6. The predicted molar refractivity (Wildman–Crippen MR) is 119 cm³/mol. The highest BCUT2D eigenvalue weighted by Crippen LogP contribution is 2.68. The highest BCUT2D eigenvalue weighted by Gasteiger charge is 2.60. The van der Waals surface area contributed by atoms with Crippen LogP contribution in [-0.4, -0.2) is 11.2 Å². The summed E-state index contributed by atoms with van der Waals surface area (Å²) >= 11 is 0. The maximum Gasteiger partial charge on any atom is 0.0543 e. The van der Waals surface area contributed by atoms with Gasteiger partial charge in [0.25, 0.3) is 0 Å². The van der Waals surface area contributed by atoms with E-state index in [9.17, 15) is 5.11 Å². The molecule has 1 heteroatoms. The average Bonchev–Trinajstić information content (AvgIpc) is 2.99. The number of hydrogen-bond donors (Lipinski definition) is 1. The Hall–Kier alpha value is -0.0400. The van der Waals surface area contributed by atoms with Crippen LogP contribution in [0.3, 0.4) is 0 Å². The molecule has 4 aliphatic rings. The van der Waals surface area contributed by atoms with Gasteiger partial charge in [0.1, 0.15) is 0 Å². The van der Waals surface area contributed by atoms with Crippen molar-refractivity contribution in [1.29, 1.82) is 0 Å². The monoisotopic (exact) mass is 388 g/mol. The maximum absolute atomic E-state index is 10.3. The highest BCUT2D eigenvalue weighted by atomic mass is 16.3. The van der Waals surface area contributed by atoms with E-state index in [0.29, 0.717) is 10.8 Å². The van der Waals surface area contributed by atoms with Crippen LogP contribution in [0.2, 0.25) is 0 Å². The van der Waals surface area contributed by atoms with E-state index in [-0.39, 0.29) is 6.10 Å². The van der Waals surface area contributed by atoms with E-state index < -0.39 is 0 Å². The van der Waals surface area contributed by atoms with Crippen LogP contribution >= 0.6 is 0 Å². The smallest absolute Gasteiger partial charge is 0.0543 e. The van der Waals surface area contributed by atoms with Crippen molar-refractivity contribution in [3.8, 4) is 0 Å². The molecule has 0 aromatic heterocycles. The fourth-order valence-corrected chi connectivity index (χ4v) is 9.26. The normalized spacial score (nSPS) is 49.4. The summed E-state index contributed by atoms with van der Waals surface area (Å²) in [6.45, 7) is 12.7. The van der Waals surface area contributed by atoms with Crippen molar-refractivity contribution in [2.75, 3.05) is 0 Å². The third kappa shape index (κ3) is 3.50. The standard InChI is InChI=1S/C27H48O/c1-18(2)7-6-8-19(3)23-11-12-24-22-10-9-20-17-21(28)13-15-26(20,4)25(22)14-16-27(23,24)5/h18-25,28H,6-17H2,1-5H3/t19-,20+,21-,22-,23-,24+,25-,26+,27-/m1/s1. The van der Waals surface area contributed by atoms with Crippen molar-refractivity contribution in [3.05, 3.63) is 0 Å². The summed E-state index contributed by atoms with van der Waals surface area (Å²) in [7, 11) is 0. The van der Waals surface area contributed by atoms with Crippen molar-refractivity contribution in [2.24, 2.45) is 52.3 Å². The van der Waals surface area contributed by atoms with Gasteiger partial charge in [0.05, 0.1) is 6.10 Å². The van der Waals surface area contributed by atoms with Gasteiger partial charge in [0.15, 0.2) is 0 Å². The second-order valence-electron chi connectivity index (χ2n) is 12.6. The van der Waals surface area contributed by atoms with Crippen LogP contribution < -0.4 is 0 Å². The quantitative estimate of drug-likeness (QED) is 0.518. The molecule has 4 aliphatic carbocycles. The van der Waals surface area contributed by atoms with Gasteiger partial charge in [-0.05, 0) is 110 Å². The molecule has 0 bridgehead atoms. The molecule has 0 spiro atoms. The molecule has 162 valence electrons. The summed E-state index contributed by atoms with van der Waals surface area (Å²) in [6, 6.07) is 0. The minimum Gasteiger partial charge on any atom is -0.393 e. The fourth-order valence-electron chi connectivity index (χ4n) is 9.26. The van der Waals surface area contributed by atoms with E-state index in [1.54, 1.807) is 0 Å². The number of aliphatic hydroxyl groups excluding tert-OH is 1. The van der Waals surface area contributed by atoms with Crippen LogP contribution in [-0.2, 0) is 0 Å². The Morgan fingerprint density at radius 2 is 1.54 bits per heavy atom. The lowest BCUT2D eigenvalue weighted by molar-refractivity contribution is -0.129. The second kappa shape index (κ2) is 7.90. The summed E-state index contributed by atoms with van der Waals surface area (Å²) in [5.74, 6) is 6.49. The summed E-state index contributed by atoms with van der Waals surface area (Å²) < 4.78 is 0. The first-order chi connectivity index (χ1) is 13.3. The van der Waals surface area contributed by atoms with Crippen LogP contribution in [0.5, 0.6) is 0 Å². The van der Waals surface area contributed by atoms with Crippen molar-refractivity contribution < 1.29 is 5.11 Å². The first kappa shape index (κ1) is 21.2. The summed E-state index contributed by atoms with van der Waals surface area (Å²) in [5, 5.41) is 10.3. The highest BCUT2D eigenvalue weighted by molar-refractivity contribution is 5.09. The molecule has 0 saturated heterocycles. The molecular formula is C27H48O. The SMILES string of the molecule is CC(C)CCC[C@@H](C)[C@H]1CC[C@H]2[C@H]3CC[C@H]4C[C@H](O)CC[C@]4(C)[C@@H]3CC[C@]12C. The van der Waals surface area contributed by atoms with E-state index in [4.69, 9.17) is 0 Å². The molecule has 0 aromatic carbocycles. The van der Waals surface area contributed by atoms with Crippen molar-refractivity contribution in [2.45, 2.75) is 118 Å². The Bertz CT molecular complexity index is 540. The van der Waals surface area contributed by atoms with E-state index in [0.717, 1.165) is 54.3 Å². The molecule has 0 aliphatic heterocycles. The first-order valence-electron chi connectivity index (χ1n) is 12.9. The van der Waals surface area contributed by atoms with E-state index in [1.165, 1.54) is 64.2 Å². The average molecular weight is 389 g/mol. The van der Waals surface area contributed by atoms with E-state index in [1.807, 2.05) is 0 Å². The van der Waals surface area contributed by atoms with Gasteiger partial charge in [0.2, 0.25) is 0 Å². The Balaban J connectivity index is 1.46. The Morgan fingerprint density at radius 1 is 0.821 bits per heavy atom. The molecule has 28 heavy (non-hydrogen) atoms. The first-order valence-corrected chi connectivity index (χ1v) is 12.9. The molecule has 0 heterocycles. The van der Waals surface area contributed by atoms with Crippen LogP contribution in [0.25, 0.3) is 0 Å². The van der Waals surface area contributed by atoms with Gasteiger partial charge < -0.3 is 5.11 Å². The van der Waals surface area contributed by atoms with Crippen LogP contribution in [0, 0.1) is 52.3 Å². The largest absolute Gasteiger partial charge is 0.393 e. The van der Waals surface area contributed by atoms with Crippen LogP contribution in [0.15, 0.2) is 0 Å². The van der Waals surface area contributed by atoms with Crippen molar-refractivity contribution >= 4 is 0 Å². The molecule has 0 radical (unpaired) electrons. The molecule has 4 saturated carbocycles. The van der Waals surface area contributed by atoms with Crippen molar-refractivity contribution in [1.82, 2.24) is 0 Å². The van der Waals surface area contributed by atoms with Gasteiger partial charge in [-0.3, -0.25) is 0 Å². The van der Waals surface area contributed by atoms with Gasteiger partial charge in [-0.15, -0.1) is 0 Å². The third-order valence-corrected chi connectivity index (χ3v) is 10.8. The lowest BCUT2D eigenvalue weighted by atomic mass is 9.44. The van der Waals surface area contributed by atoms with Gasteiger partial charge in [-0.25, -0.2) is 0 Å².